The van der Waals surface area contributed by atoms with Crippen LogP contribution in [0.25, 0.3) is 0 Å². The molecule has 1 aliphatic carbocycles. The van der Waals surface area contributed by atoms with E-state index in [1.165, 1.54) is 0 Å². The molecule has 1 aliphatic rings. The first kappa shape index (κ1) is 11.8. The highest BCUT2D eigenvalue weighted by atomic mass is 35.5. The first-order valence-electron chi connectivity index (χ1n) is 4.88. The van der Waals surface area contributed by atoms with Gasteiger partial charge in [0.15, 0.2) is 0 Å². The standard InChI is InChI=1S/C10H18ClNO2/c1-9(2,3)14-6-8(13)12-10(7-11)4-5-10/h4-7H2,1-3H3,(H,12,13). The van der Waals surface area contributed by atoms with Gasteiger partial charge in [0.2, 0.25) is 5.91 Å². The van der Waals surface area contributed by atoms with E-state index in [9.17, 15) is 4.79 Å². The van der Waals surface area contributed by atoms with Crippen LogP contribution in [0.15, 0.2) is 0 Å². The van der Waals surface area contributed by atoms with E-state index in [-0.39, 0.29) is 23.7 Å². The van der Waals surface area contributed by atoms with Crippen molar-refractivity contribution in [2.24, 2.45) is 0 Å². The van der Waals surface area contributed by atoms with E-state index < -0.39 is 0 Å². The molecule has 0 bridgehead atoms. The zero-order valence-corrected chi connectivity index (χ0v) is 9.78. The molecule has 1 rings (SSSR count). The normalized spacial score (nSPS) is 19.1. The number of halogens is 1. The summed E-state index contributed by atoms with van der Waals surface area (Å²) >= 11 is 5.73. The summed E-state index contributed by atoms with van der Waals surface area (Å²) in [5.41, 5.74) is -0.394. The Bertz CT molecular complexity index is 219. The Hall–Kier alpha value is -0.280. The molecular weight excluding hydrogens is 202 g/mol. The van der Waals surface area contributed by atoms with E-state index in [0.717, 1.165) is 12.8 Å². The van der Waals surface area contributed by atoms with Crippen molar-refractivity contribution in [1.82, 2.24) is 5.32 Å². The Kier molecular flexibility index (Phi) is 3.43. The molecule has 0 saturated heterocycles. The van der Waals surface area contributed by atoms with Crippen LogP contribution < -0.4 is 5.32 Å². The Balaban J connectivity index is 2.23. The molecule has 1 amide bonds. The Morgan fingerprint density at radius 2 is 2.07 bits per heavy atom. The molecule has 14 heavy (non-hydrogen) atoms. The van der Waals surface area contributed by atoms with E-state index in [0.29, 0.717) is 5.88 Å². The maximum atomic E-state index is 11.4. The minimum absolute atomic E-state index is 0.0712. The fourth-order valence-electron chi connectivity index (χ4n) is 1.06. The molecule has 0 atom stereocenters. The topological polar surface area (TPSA) is 38.3 Å². The molecule has 0 aromatic heterocycles. The van der Waals surface area contributed by atoms with Gasteiger partial charge in [-0.2, -0.15) is 0 Å². The number of hydrogen-bond acceptors (Lipinski definition) is 2. The first-order chi connectivity index (χ1) is 6.37. The third kappa shape index (κ3) is 3.84. The molecule has 82 valence electrons. The van der Waals surface area contributed by atoms with Gasteiger partial charge in [-0.05, 0) is 33.6 Å². The number of carbonyl (C=O) groups excluding carboxylic acids is 1. The molecule has 0 spiro atoms. The quantitative estimate of drug-likeness (QED) is 0.731. The summed E-state index contributed by atoms with van der Waals surface area (Å²) < 4.78 is 5.35. The van der Waals surface area contributed by atoms with Gasteiger partial charge in [0.25, 0.3) is 0 Å². The van der Waals surface area contributed by atoms with Gasteiger partial charge < -0.3 is 10.1 Å². The maximum Gasteiger partial charge on any atom is 0.246 e. The Morgan fingerprint density at radius 1 is 1.50 bits per heavy atom. The Labute approximate surface area is 90.1 Å². The largest absolute Gasteiger partial charge is 0.366 e. The van der Waals surface area contributed by atoms with E-state index >= 15 is 0 Å². The number of alkyl halides is 1. The molecule has 1 N–H and O–H groups in total. The summed E-state index contributed by atoms with van der Waals surface area (Å²) in [5, 5.41) is 2.89. The van der Waals surface area contributed by atoms with Gasteiger partial charge in [0, 0.05) is 5.88 Å². The summed E-state index contributed by atoms with van der Waals surface area (Å²) in [5.74, 6) is 0.423. The zero-order chi connectivity index (χ0) is 10.8. The van der Waals surface area contributed by atoms with Crippen molar-refractivity contribution in [3.05, 3.63) is 0 Å². The summed E-state index contributed by atoms with van der Waals surface area (Å²) in [4.78, 5) is 11.4. The first-order valence-corrected chi connectivity index (χ1v) is 5.41. The summed E-state index contributed by atoms with van der Waals surface area (Å²) in [7, 11) is 0. The molecule has 0 radical (unpaired) electrons. The van der Waals surface area contributed by atoms with Crippen LogP contribution >= 0.6 is 11.6 Å². The minimum Gasteiger partial charge on any atom is -0.366 e. The lowest BCUT2D eigenvalue weighted by atomic mass is 10.2. The molecule has 1 saturated carbocycles. The predicted octanol–water partition coefficient (Wildman–Crippen LogP) is 1.69. The maximum absolute atomic E-state index is 11.4. The van der Waals surface area contributed by atoms with Crippen molar-refractivity contribution in [3.63, 3.8) is 0 Å². The molecular formula is C10H18ClNO2. The molecule has 0 aromatic rings. The van der Waals surface area contributed by atoms with Crippen molar-refractivity contribution in [3.8, 4) is 0 Å². The summed E-state index contributed by atoms with van der Waals surface area (Å²) in [6.07, 6.45) is 1.97. The molecule has 0 unspecified atom stereocenters. The number of amides is 1. The molecule has 0 aromatic carbocycles. The second-order valence-electron chi connectivity index (χ2n) is 4.86. The molecule has 4 heteroatoms. The van der Waals surface area contributed by atoms with Gasteiger partial charge in [-0.3, -0.25) is 4.79 Å². The third-order valence-electron chi connectivity index (χ3n) is 2.15. The molecule has 1 fully saturated rings. The van der Waals surface area contributed by atoms with Gasteiger partial charge in [-0.1, -0.05) is 0 Å². The average molecular weight is 220 g/mol. The second kappa shape index (κ2) is 4.07. The average Bonchev–Trinajstić information content (AvgIpc) is 2.81. The van der Waals surface area contributed by atoms with E-state index in [2.05, 4.69) is 5.32 Å². The van der Waals surface area contributed by atoms with Crippen molar-refractivity contribution in [2.45, 2.75) is 44.8 Å². The van der Waals surface area contributed by atoms with Crippen LogP contribution in [0.2, 0.25) is 0 Å². The van der Waals surface area contributed by atoms with Crippen molar-refractivity contribution in [2.75, 3.05) is 12.5 Å². The molecule has 3 nitrogen and oxygen atoms in total. The Morgan fingerprint density at radius 3 is 2.43 bits per heavy atom. The van der Waals surface area contributed by atoms with Gasteiger partial charge in [-0.25, -0.2) is 0 Å². The van der Waals surface area contributed by atoms with Crippen LogP contribution in [-0.2, 0) is 9.53 Å². The lowest BCUT2D eigenvalue weighted by molar-refractivity contribution is -0.131. The number of rotatable bonds is 4. The zero-order valence-electron chi connectivity index (χ0n) is 9.02. The van der Waals surface area contributed by atoms with Gasteiger partial charge in [0.05, 0.1) is 11.1 Å². The monoisotopic (exact) mass is 219 g/mol. The lowest BCUT2D eigenvalue weighted by Gasteiger charge is -2.20. The van der Waals surface area contributed by atoms with Crippen LogP contribution in [0, 0.1) is 0 Å². The molecule has 0 aliphatic heterocycles. The number of hydrogen-bond donors (Lipinski definition) is 1. The smallest absolute Gasteiger partial charge is 0.246 e. The van der Waals surface area contributed by atoms with E-state index in [4.69, 9.17) is 16.3 Å². The third-order valence-corrected chi connectivity index (χ3v) is 2.66. The summed E-state index contributed by atoms with van der Waals surface area (Å²) in [6, 6.07) is 0. The highest BCUT2D eigenvalue weighted by Gasteiger charge is 2.43. The summed E-state index contributed by atoms with van der Waals surface area (Å²) in [6.45, 7) is 5.89. The molecule has 0 heterocycles. The highest BCUT2D eigenvalue weighted by molar-refractivity contribution is 6.19. The van der Waals surface area contributed by atoms with Crippen LogP contribution in [0.5, 0.6) is 0 Å². The highest BCUT2D eigenvalue weighted by Crippen LogP contribution is 2.36. The van der Waals surface area contributed by atoms with Crippen molar-refractivity contribution < 1.29 is 9.53 Å². The predicted molar refractivity (Wildman–Crippen MR) is 56.5 cm³/mol. The fourth-order valence-corrected chi connectivity index (χ4v) is 1.39. The van der Waals surface area contributed by atoms with Gasteiger partial charge in [0.1, 0.15) is 6.61 Å². The van der Waals surface area contributed by atoms with Crippen molar-refractivity contribution in [1.29, 1.82) is 0 Å². The van der Waals surface area contributed by atoms with Crippen LogP contribution in [0.1, 0.15) is 33.6 Å². The number of nitrogens with one attached hydrogen (secondary N) is 1. The number of carbonyl (C=O) groups is 1. The van der Waals surface area contributed by atoms with Crippen LogP contribution in [-0.4, -0.2) is 29.5 Å². The SMILES string of the molecule is CC(C)(C)OCC(=O)NC1(CCl)CC1. The van der Waals surface area contributed by atoms with Gasteiger partial charge >= 0.3 is 0 Å². The van der Waals surface area contributed by atoms with Crippen LogP contribution in [0.4, 0.5) is 0 Å². The lowest BCUT2D eigenvalue weighted by Crippen LogP contribution is -2.41. The second-order valence-corrected chi connectivity index (χ2v) is 5.13. The van der Waals surface area contributed by atoms with Crippen LogP contribution in [0.3, 0.4) is 0 Å². The number of ether oxygens (including phenoxy) is 1. The fraction of sp³-hybridized carbons (Fsp3) is 0.900. The van der Waals surface area contributed by atoms with Gasteiger partial charge in [-0.15, -0.1) is 11.6 Å². The van der Waals surface area contributed by atoms with E-state index in [1.807, 2.05) is 20.8 Å². The minimum atomic E-state index is -0.269. The van der Waals surface area contributed by atoms with E-state index in [1.54, 1.807) is 0 Å². The van der Waals surface area contributed by atoms with Crippen molar-refractivity contribution >= 4 is 17.5 Å².